The summed E-state index contributed by atoms with van der Waals surface area (Å²) < 4.78 is 4.85. The van der Waals surface area contributed by atoms with Crippen molar-refractivity contribution in [3.8, 4) is 0 Å². The second-order valence-electron chi connectivity index (χ2n) is 3.68. The molecule has 0 spiro atoms. The molecule has 0 atom stereocenters. The molecule has 17 heavy (non-hydrogen) atoms. The van der Waals surface area contributed by atoms with Gasteiger partial charge in [0, 0.05) is 11.1 Å². The minimum atomic E-state index is -0.152. The quantitative estimate of drug-likeness (QED) is 0.911. The molecule has 2 rings (SSSR count). The Kier molecular flexibility index (Phi) is 3.44. The highest BCUT2D eigenvalue weighted by Crippen LogP contribution is 2.12. The topological polar surface area (TPSA) is 55.1 Å². The molecule has 0 unspecified atom stereocenters. The number of aromatic nitrogens is 1. The van der Waals surface area contributed by atoms with Gasteiger partial charge < -0.3 is 9.84 Å². The van der Waals surface area contributed by atoms with Crippen LogP contribution in [0.25, 0.3) is 0 Å². The summed E-state index contributed by atoms with van der Waals surface area (Å²) in [7, 11) is 0. The summed E-state index contributed by atoms with van der Waals surface area (Å²) in [6, 6.07) is 8.85. The Morgan fingerprint density at radius 1 is 1.47 bits per heavy atom. The van der Waals surface area contributed by atoms with Crippen molar-refractivity contribution in [3.63, 3.8) is 0 Å². The molecular formula is C12H11ClN2O2. The third-order valence-corrected chi connectivity index (χ3v) is 2.38. The van der Waals surface area contributed by atoms with Crippen LogP contribution in [0.3, 0.4) is 0 Å². The number of aryl methyl sites for hydroxylation is 1. The van der Waals surface area contributed by atoms with Gasteiger partial charge in [-0.3, -0.25) is 4.79 Å². The number of amides is 1. The van der Waals surface area contributed by atoms with Gasteiger partial charge in [-0.05, 0) is 24.6 Å². The highest BCUT2D eigenvalue weighted by atomic mass is 35.5. The Hall–Kier alpha value is -1.81. The molecule has 0 radical (unpaired) electrons. The predicted octanol–water partition coefficient (Wildman–Crippen LogP) is 2.82. The summed E-state index contributed by atoms with van der Waals surface area (Å²) in [4.78, 5) is 11.7. The van der Waals surface area contributed by atoms with Crippen LogP contribution in [-0.2, 0) is 11.2 Å². The fourth-order valence-corrected chi connectivity index (χ4v) is 1.66. The number of benzene rings is 1. The molecule has 2 aromatic rings. The number of halogens is 1. The minimum Gasteiger partial charge on any atom is -0.360 e. The lowest BCUT2D eigenvalue weighted by Gasteiger charge is -2.01. The number of carbonyl (C=O) groups is 1. The van der Waals surface area contributed by atoms with Crippen LogP contribution >= 0.6 is 11.6 Å². The van der Waals surface area contributed by atoms with Gasteiger partial charge in [0.2, 0.25) is 5.91 Å². The Balaban J connectivity index is 1.98. The van der Waals surface area contributed by atoms with Crippen LogP contribution in [0.2, 0.25) is 5.02 Å². The van der Waals surface area contributed by atoms with Crippen molar-refractivity contribution in [1.29, 1.82) is 0 Å². The zero-order valence-corrected chi connectivity index (χ0v) is 9.99. The molecule has 0 bridgehead atoms. The van der Waals surface area contributed by atoms with Crippen LogP contribution in [0.1, 0.15) is 11.3 Å². The molecule has 1 aromatic heterocycles. The van der Waals surface area contributed by atoms with Crippen LogP contribution in [-0.4, -0.2) is 11.1 Å². The van der Waals surface area contributed by atoms with Gasteiger partial charge in [0.25, 0.3) is 0 Å². The summed E-state index contributed by atoms with van der Waals surface area (Å²) in [6.07, 6.45) is 0.256. The van der Waals surface area contributed by atoms with E-state index in [0.29, 0.717) is 16.6 Å². The number of rotatable bonds is 3. The summed E-state index contributed by atoms with van der Waals surface area (Å²) in [5.41, 5.74) is 0.857. The van der Waals surface area contributed by atoms with Crippen molar-refractivity contribution >= 4 is 23.3 Å². The maximum atomic E-state index is 11.7. The lowest BCUT2D eigenvalue weighted by atomic mass is 10.1. The highest BCUT2D eigenvalue weighted by molar-refractivity contribution is 6.30. The van der Waals surface area contributed by atoms with Crippen molar-refractivity contribution in [2.75, 3.05) is 5.32 Å². The molecular weight excluding hydrogens is 240 g/mol. The third kappa shape index (κ3) is 3.32. The lowest BCUT2D eigenvalue weighted by molar-refractivity contribution is -0.115. The zero-order valence-electron chi connectivity index (χ0n) is 9.24. The molecule has 4 nitrogen and oxygen atoms in total. The van der Waals surface area contributed by atoms with Crippen molar-refractivity contribution in [2.24, 2.45) is 0 Å². The van der Waals surface area contributed by atoms with E-state index in [1.54, 1.807) is 25.1 Å². The molecule has 0 aliphatic carbocycles. The molecule has 1 aromatic carbocycles. The summed E-state index contributed by atoms with van der Waals surface area (Å²) in [5.74, 6) is 0.929. The Morgan fingerprint density at radius 2 is 2.29 bits per heavy atom. The largest absolute Gasteiger partial charge is 0.360 e. The summed E-state index contributed by atoms with van der Waals surface area (Å²) >= 11 is 5.83. The Morgan fingerprint density at radius 3 is 2.94 bits per heavy atom. The molecule has 0 saturated heterocycles. The maximum absolute atomic E-state index is 11.7. The molecule has 1 amide bonds. The van der Waals surface area contributed by atoms with E-state index in [-0.39, 0.29) is 12.3 Å². The van der Waals surface area contributed by atoms with Gasteiger partial charge in [0.15, 0.2) is 5.82 Å². The van der Waals surface area contributed by atoms with E-state index in [1.165, 1.54) is 0 Å². The van der Waals surface area contributed by atoms with E-state index in [2.05, 4.69) is 10.5 Å². The average molecular weight is 251 g/mol. The number of hydrogen-bond donors (Lipinski definition) is 1. The fourth-order valence-electron chi connectivity index (χ4n) is 1.44. The number of carbonyl (C=O) groups excluding carboxylic acids is 1. The average Bonchev–Trinajstić information content (AvgIpc) is 2.63. The van der Waals surface area contributed by atoms with Crippen LogP contribution < -0.4 is 5.32 Å². The van der Waals surface area contributed by atoms with Crippen LogP contribution in [0.15, 0.2) is 34.9 Å². The normalized spacial score (nSPS) is 10.2. The van der Waals surface area contributed by atoms with Crippen molar-refractivity contribution in [1.82, 2.24) is 5.16 Å². The smallest absolute Gasteiger partial charge is 0.230 e. The second kappa shape index (κ2) is 5.01. The van der Waals surface area contributed by atoms with E-state index < -0.39 is 0 Å². The standard InChI is InChI=1S/C12H11ClN2O2/c1-8-5-11(15-17-8)14-12(16)7-9-3-2-4-10(13)6-9/h2-6H,7H2,1H3,(H,14,15,16). The van der Waals surface area contributed by atoms with E-state index in [1.807, 2.05) is 12.1 Å². The molecule has 5 heteroatoms. The second-order valence-corrected chi connectivity index (χ2v) is 4.11. The third-order valence-electron chi connectivity index (χ3n) is 2.15. The maximum Gasteiger partial charge on any atom is 0.230 e. The Labute approximate surface area is 104 Å². The molecule has 1 N–H and O–H groups in total. The first-order chi connectivity index (χ1) is 8.13. The van der Waals surface area contributed by atoms with Crippen molar-refractivity contribution < 1.29 is 9.32 Å². The van der Waals surface area contributed by atoms with Gasteiger partial charge in [0.05, 0.1) is 6.42 Å². The monoisotopic (exact) mass is 250 g/mol. The number of anilines is 1. The van der Waals surface area contributed by atoms with E-state index in [9.17, 15) is 4.79 Å². The fraction of sp³-hybridized carbons (Fsp3) is 0.167. The highest BCUT2D eigenvalue weighted by Gasteiger charge is 2.07. The molecule has 0 fully saturated rings. The first-order valence-electron chi connectivity index (χ1n) is 5.11. The summed E-state index contributed by atoms with van der Waals surface area (Å²) in [6.45, 7) is 1.76. The van der Waals surface area contributed by atoms with Crippen LogP contribution in [0.4, 0.5) is 5.82 Å². The predicted molar refractivity (Wildman–Crippen MR) is 65.0 cm³/mol. The molecule has 0 saturated carbocycles. The van der Waals surface area contributed by atoms with E-state index in [0.717, 1.165) is 5.56 Å². The van der Waals surface area contributed by atoms with E-state index in [4.69, 9.17) is 16.1 Å². The van der Waals surface area contributed by atoms with Crippen LogP contribution in [0.5, 0.6) is 0 Å². The summed E-state index contributed by atoms with van der Waals surface area (Å²) in [5, 5.41) is 6.94. The SMILES string of the molecule is Cc1cc(NC(=O)Cc2cccc(Cl)c2)no1. The molecule has 1 heterocycles. The van der Waals surface area contributed by atoms with Gasteiger partial charge >= 0.3 is 0 Å². The van der Waals surface area contributed by atoms with Gasteiger partial charge in [-0.2, -0.15) is 0 Å². The Bertz CT molecular complexity index is 537. The van der Waals surface area contributed by atoms with Gasteiger partial charge in [-0.25, -0.2) is 0 Å². The number of nitrogens with one attached hydrogen (secondary N) is 1. The first-order valence-corrected chi connectivity index (χ1v) is 5.49. The van der Waals surface area contributed by atoms with Gasteiger partial charge in [-0.1, -0.05) is 28.9 Å². The minimum absolute atomic E-state index is 0.152. The lowest BCUT2D eigenvalue weighted by Crippen LogP contribution is -2.14. The molecule has 0 aliphatic rings. The van der Waals surface area contributed by atoms with Crippen molar-refractivity contribution in [3.05, 3.63) is 46.7 Å². The van der Waals surface area contributed by atoms with Crippen molar-refractivity contribution in [2.45, 2.75) is 13.3 Å². The van der Waals surface area contributed by atoms with Gasteiger partial charge in [-0.15, -0.1) is 0 Å². The van der Waals surface area contributed by atoms with E-state index >= 15 is 0 Å². The number of nitrogens with zero attached hydrogens (tertiary/aromatic N) is 1. The van der Waals surface area contributed by atoms with Crippen LogP contribution in [0, 0.1) is 6.92 Å². The van der Waals surface area contributed by atoms with Gasteiger partial charge in [0.1, 0.15) is 5.76 Å². The zero-order chi connectivity index (χ0) is 12.3. The molecule has 0 aliphatic heterocycles. The number of hydrogen-bond acceptors (Lipinski definition) is 3. The molecule has 88 valence electrons. The first kappa shape index (κ1) is 11.7.